The number of hydrogen-bond acceptors (Lipinski definition) is 2. The highest BCUT2D eigenvalue weighted by atomic mass is 16.4. The Bertz CT molecular complexity index is 557. The molecular weight excluding hydrogens is 228 g/mol. The first-order chi connectivity index (χ1) is 8.59. The maximum absolute atomic E-state index is 10.7. The van der Waals surface area contributed by atoms with E-state index in [0.717, 1.165) is 16.3 Å². The first-order valence-corrected chi connectivity index (χ1v) is 5.97. The van der Waals surface area contributed by atoms with Gasteiger partial charge in [0.15, 0.2) is 0 Å². The van der Waals surface area contributed by atoms with Crippen LogP contribution in [0, 0.1) is 5.92 Å². The number of carboxylic acids is 1. The molecule has 2 unspecified atom stereocenters. The third-order valence-corrected chi connectivity index (χ3v) is 3.18. The lowest BCUT2D eigenvalue weighted by molar-refractivity contribution is -0.138. The van der Waals surface area contributed by atoms with Crippen molar-refractivity contribution in [3.05, 3.63) is 48.0 Å². The van der Waals surface area contributed by atoms with Gasteiger partial charge in [-0.25, -0.2) is 0 Å². The van der Waals surface area contributed by atoms with Crippen LogP contribution in [0.1, 0.15) is 25.0 Å². The van der Waals surface area contributed by atoms with Gasteiger partial charge >= 0.3 is 5.97 Å². The van der Waals surface area contributed by atoms with E-state index in [-0.39, 0.29) is 12.3 Å². The molecule has 94 valence electrons. The summed E-state index contributed by atoms with van der Waals surface area (Å²) in [4.78, 5) is 10.7. The summed E-state index contributed by atoms with van der Waals surface area (Å²) in [5, 5.41) is 21.1. The fraction of sp³-hybridized carbons (Fsp3) is 0.267. The van der Waals surface area contributed by atoms with Crippen LogP contribution in [-0.2, 0) is 4.79 Å². The Kier molecular flexibility index (Phi) is 3.63. The standard InChI is InChI=1S/C15H16O3/c1-10(9-14(16)17)15(18)13-8-4-6-11-5-2-3-7-12(11)13/h2-8,10,15,18H,9H2,1H3,(H,16,17). The topological polar surface area (TPSA) is 57.5 Å². The van der Waals surface area contributed by atoms with Crippen molar-refractivity contribution in [1.82, 2.24) is 0 Å². The molecule has 2 aromatic carbocycles. The molecule has 2 N–H and O–H groups in total. The van der Waals surface area contributed by atoms with E-state index in [1.807, 2.05) is 42.5 Å². The summed E-state index contributed by atoms with van der Waals surface area (Å²) in [6.07, 6.45) is -0.795. The Labute approximate surface area is 106 Å². The molecule has 0 aromatic heterocycles. The normalized spacial score (nSPS) is 14.3. The lowest BCUT2D eigenvalue weighted by Crippen LogP contribution is -2.13. The largest absolute Gasteiger partial charge is 0.481 e. The van der Waals surface area contributed by atoms with E-state index in [9.17, 15) is 9.90 Å². The quantitative estimate of drug-likeness (QED) is 0.869. The van der Waals surface area contributed by atoms with Crippen LogP contribution < -0.4 is 0 Å². The second-order valence-electron chi connectivity index (χ2n) is 4.59. The van der Waals surface area contributed by atoms with Crippen LogP contribution in [0.25, 0.3) is 10.8 Å². The van der Waals surface area contributed by atoms with Crippen LogP contribution >= 0.6 is 0 Å². The minimum Gasteiger partial charge on any atom is -0.481 e. The number of aliphatic carboxylic acids is 1. The van der Waals surface area contributed by atoms with E-state index in [1.165, 1.54) is 0 Å². The summed E-state index contributed by atoms with van der Waals surface area (Å²) in [6.45, 7) is 1.75. The van der Waals surface area contributed by atoms with Crippen molar-refractivity contribution in [2.75, 3.05) is 0 Å². The van der Waals surface area contributed by atoms with Crippen molar-refractivity contribution in [3.8, 4) is 0 Å². The van der Waals surface area contributed by atoms with Crippen molar-refractivity contribution in [3.63, 3.8) is 0 Å². The van der Waals surface area contributed by atoms with Crippen molar-refractivity contribution in [1.29, 1.82) is 0 Å². The summed E-state index contributed by atoms with van der Waals surface area (Å²) in [7, 11) is 0. The molecule has 3 heteroatoms. The summed E-state index contributed by atoms with van der Waals surface area (Å²) in [5.41, 5.74) is 0.793. The Morgan fingerprint density at radius 3 is 2.56 bits per heavy atom. The van der Waals surface area contributed by atoms with Crippen LogP contribution in [-0.4, -0.2) is 16.2 Å². The molecule has 3 nitrogen and oxygen atoms in total. The number of aliphatic hydroxyl groups is 1. The zero-order valence-electron chi connectivity index (χ0n) is 10.2. The molecule has 2 rings (SSSR count). The highest BCUT2D eigenvalue weighted by Gasteiger charge is 2.20. The number of rotatable bonds is 4. The average Bonchev–Trinajstić information content (AvgIpc) is 2.36. The minimum absolute atomic E-state index is 0.0373. The van der Waals surface area contributed by atoms with Gasteiger partial charge in [0.25, 0.3) is 0 Å². The molecule has 0 fully saturated rings. The maximum Gasteiger partial charge on any atom is 0.303 e. The molecule has 18 heavy (non-hydrogen) atoms. The van der Waals surface area contributed by atoms with E-state index >= 15 is 0 Å². The Morgan fingerprint density at radius 1 is 1.17 bits per heavy atom. The lowest BCUT2D eigenvalue weighted by atomic mass is 9.91. The van der Waals surface area contributed by atoms with E-state index in [0.29, 0.717) is 0 Å². The smallest absolute Gasteiger partial charge is 0.303 e. The molecule has 0 saturated carbocycles. The van der Waals surface area contributed by atoms with E-state index in [2.05, 4.69) is 0 Å². The van der Waals surface area contributed by atoms with Crippen LogP contribution in [0.2, 0.25) is 0 Å². The van der Waals surface area contributed by atoms with Crippen molar-refractivity contribution in [2.45, 2.75) is 19.4 Å². The van der Waals surface area contributed by atoms with Gasteiger partial charge < -0.3 is 10.2 Å². The lowest BCUT2D eigenvalue weighted by Gasteiger charge is -2.19. The van der Waals surface area contributed by atoms with E-state index < -0.39 is 12.1 Å². The predicted octanol–water partition coefficient (Wildman–Crippen LogP) is 2.98. The molecular formula is C15H16O3. The molecule has 0 spiro atoms. The molecule has 0 aliphatic carbocycles. The summed E-state index contributed by atoms with van der Waals surface area (Å²) in [5.74, 6) is -1.20. The molecule has 0 saturated heterocycles. The van der Waals surface area contributed by atoms with Crippen molar-refractivity contribution in [2.24, 2.45) is 5.92 Å². The van der Waals surface area contributed by atoms with Gasteiger partial charge in [-0.3, -0.25) is 4.79 Å². The van der Waals surface area contributed by atoms with Crippen LogP contribution in [0.4, 0.5) is 0 Å². The van der Waals surface area contributed by atoms with E-state index in [4.69, 9.17) is 5.11 Å². The van der Waals surface area contributed by atoms with Gasteiger partial charge in [0.2, 0.25) is 0 Å². The highest BCUT2D eigenvalue weighted by molar-refractivity contribution is 5.86. The van der Waals surface area contributed by atoms with Gasteiger partial charge in [0.05, 0.1) is 12.5 Å². The van der Waals surface area contributed by atoms with Crippen molar-refractivity contribution >= 4 is 16.7 Å². The summed E-state index contributed by atoms with van der Waals surface area (Å²) >= 11 is 0. The van der Waals surface area contributed by atoms with Gasteiger partial charge in [-0.05, 0) is 22.3 Å². The van der Waals surface area contributed by atoms with Gasteiger partial charge in [-0.15, -0.1) is 0 Å². The molecule has 2 atom stereocenters. The fourth-order valence-electron chi connectivity index (χ4n) is 2.20. The van der Waals surface area contributed by atoms with Crippen LogP contribution in [0.5, 0.6) is 0 Å². The zero-order chi connectivity index (χ0) is 13.1. The molecule has 0 bridgehead atoms. The SMILES string of the molecule is CC(CC(=O)O)C(O)c1cccc2ccccc12. The molecule has 0 aliphatic rings. The third-order valence-electron chi connectivity index (χ3n) is 3.18. The monoisotopic (exact) mass is 244 g/mol. The van der Waals surface area contributed by atoms with Crippen molar-refractivity contribution < 1.29 is 15.0 Å². The summed E-state index contributed by atoms with van der Waals surface area (Å²) in [6, 6.07) is 13.5. The number of carboxylic acid groups (broad SMARTS) is 1. The predicted molar refractivity (Wildman–Crippen MR) is 70.3 cm³/mol. The second-order valence-corrected chi connectivity index (χ2v) is 4.59. The molecule has 0 amide bonds. The Hall–Kier alpha value is -1.87. The Morgan fingerprint density at radius 2 is 1.83 bits per heavy atom. The van der Waals surface area contributed by atoms with E-state index in [1.54, 1.807) is 6.92 Å². The number of aliphatic hydroxyl groups excluding tert-OH is 1. The number of benzene rings is 2. The molecule has 0 heterocycles. The summed E-state index contributed by atoms with van der Waals surface area (Å²) < 4.78 is 0. The minimum atomic E-state index is -0.887. The third kappa shape index (κ3) is 2.51. The van der Waals surface area contributed by atoms with Gasteiger partial charge in [0, 0.05) is 0 Å². The number of fused-ring (bicyclic) bond motifs is 1. The first-order valence-electron chi connectivity index (χ1n) is 5.97. The number of hydrogen-bond donors (Lipinski definition) is 2. The fourth-order valence-corrected chi connectivity index (χ4v) is 2.20. The van der Waals surface area contributed by atoms with Crippen LogP contribution in [0.15, 0.2) is 42.5 Å². The first kappa shape index (κ1) is 12.6. The van der Waals surface area contributed by atoms with Crippen LogP contribution in [0.3, 0.4) is 0 Å². The second kappa shape index (κ2) is 5.19. The highest BCUT2D eigenvalue weighted by Crippen LogP contribution is 2.30. The molecule has 2 aromatic rings. The molecule has 0 aliphatic heterocycles. The zero-order valence-corrected chi connectivity index (χ0v) is 10.2. The van der Waals surface area contributed by atoms with Gasteiger partial charge in [-0.1, -0.05) is 49.4 Å². The average molecular weight is 244 g/mol. The number of carbonyl (C=O) groups is 1. The van der Waals surface area contributed by atoms with Gasteiger partial charge in [0.1, 0.15) is 0 Å². The maximum atomic E-state index is 10.7. The Balaban J connectivity index is 2.38. The molecule has 0 radical (unpaired) electrons. The van der Waals surface area contributed by atoms with Gasteiger partial charge in [-0.2, -0.15) is 0 Å².